The molecular formula is C27H31N3O3. The Hall–Kier alpha value is -3.15. The number of carbonyl (C=O) groups is 3. The quantitative estimate of drug-likeness (QED) is 0.677. The second-order valence-corrected chi connectivity index (χ2v) is 9.80. The van der Waals surface area contributed by atoms with Gasteiger partial charge in [-0.1, -0.05) is 42.0 Å². The molecule has 2 aromatic carbocycles. The Labute approximate surface area is 194 Å². The average Bonchev–Trinajstić information content (AvgIpc) is 3.74. The van der Waals surface area contributed by atoms with Crippen LogP contribution in [0.4, 0.5) is 0 Å². The van der Waals surface area contributed by atoms with Gasteiger partial charge in [-0.2, -0.15) is 0 Å². The maximum Gasteiger partial charge on any atom is 0.251 e. The molecule has 1 atom stereocenters. The SMILES string of the molecule is Cc1ccc(CN2CC(C(=O)N(Cc3ccc(C(=O)NC4CC4)cc3)C3CC3)CC2=O)cc1. The molecule has 1 aliphatic heterocycles. The number of benzene rings is 2. The maximum absolute atomic E-state index is 13.4. The van der Waals surface area contributed by atoms with Crippen LogP contribution in [0.3, 0.4) is 0 Å². The van der Waals surface area contributed by atoms with Gasteiger partial charge in [0, 0.05) is 43.7 Å². The summed E-state index contributed by atoms with van der Waals surface area (Å²) in [5, 5.41) is 3.00. The number of amides is 3. The van der Waals surface area contributed by atoms with Crippen molar-refractivity contribution in [2.24, 2.45) is 5.92 Å². The molecule has 0 aromatic heterocycles. The van der Waals surface area contributed by atoms with Crippen molar-refractivity contribution in [3.63, 3.8) is 0 Å². The molecule has 2 aliphatic carbocycles. The van der Waals surface area contributed by atoms with E-state index in [4.69, 9.17) is 0 Å². The lowest BCUT2D eigenvalue weighted by Gasteiger charge is -2.26. The molecule has 0 bridgehead atoms. The summed E-state index contributed by atoms with van der Waals surface area (Å²) >= 11 is 0. The van der Waals surface area contributed by atoms with Crippen LogP contribution >= 0.6 is 0 Å². The Bertz CT molecular complexity index is 1040. The summed E-state index contributed by atoms with van der Waals surface area (Å²) in [6.45, 7) is 3.60. The van der Waals surface area contributed by atoms with E-state index in [0.717, 1.165) is 36.8 Å². The van der Waals surface area contributed by atoms with Gasteiger partial charge in [0.05, 0.1) is 5.92 Å². The van der Waals surface area contributed by atoms with Crippen LogP contribution in [0.25, 0.3) is 0 Å². The highest BCUT2D eigenvalue weighted by Crippen LogP contribution is 2.32. The predicted molar refractivity (Wildman–Crippen MR) is 125 cm³/mol. The summed E-state index contributed by atoms with van der Waals surface area (Å²) in [5.41, 5.74) is 3.95. The second-order valence-electron chi connectivity index (χ2n) is 9.80. The van der Waals surface area contributed by atoms with Gasteiger partial charge in [-0.25, -0.2) is 0 Å². The topological polar surface area (TPSA) is 69.7 Å². The van der Waals surface area contributed by atoms with E-state index in [2.05, 4.69) is 5.32 Å². The first-order valence-electron chi connectivity index (χ1n) is 12.0. The standard InChI is InChI=1S/C27H31N3O3/c1-18-2-4-19(5-3-18)15-29-17-22(14-25(29)31)27(33)30(24-12-13-24)16-20-6-8-21(9-7-20)26(32)28-23-10-11-23/h2-9,22-24H,10-17H2,1H3,(H,28,32). The molecule has 1 saturated heterocycles. The number of hydrogen-bond acceptors (Lipinski definition) is 3. The fourth-order valence-corrected chi connectivity index (χ4v) is 4.47. The average molecular weight is 446 g/mol. The minimum atomic E-state index is -0.285. The largest absolute Gasteiger partial charge is 0.349 e. The molecule has 0 spiro atoms. The molecule has 3 aliphatic rings. The van der Waals surface area contributed by atoms with Crippen molar-refractivity contribution in [1.82, 2.24) is 15.1 Å². The van der Waals surface area contributed by atoms with Gasteiger partial charge in [0.25, 0.3) is 5.91 Å². The highest BCUT2D eigenvalue weighted by Gasteiger charge is 2.41. The molecule has 0 radical (unpaired) electrons. The Morgan fingerprint density at radius 1 is 0.970 bits per heavy atom. The molecule has 33 heavy (non-hydrogen) atoms. The minimum Gasteiger partial charge on any atom is -0.349 e. The van der Waals surface area contributed by atoms with Gasteiger partial charge in [0.15, 0.2) is 0 Å². The highest BCUT2D eigenvalue weighted by molar-refractivity contribution is 5.94. The van der Waals surface area contributed by atoms with Crippen molar-refractivity contribution in [2.75, 3.05) is 6.54 Å². The summed E-state index contributed by atoms with van der Waals surface area (Å²) < 4.78 is 0. The molecule has 1 heterocycles. The fraction of sp³-hybridized carbons (Fsp3) is 0.444. The van der Waals surface area contributed by atoms with Gasteiger partial charge >= 0.3 is 0 Å². The molecule has 2 aromatic rings. The lowest BCUT2D eigenvalue weighted by atomic mass is 10.1. The van der Waals surface area contributed by atoms with Crippen molar-refractivity contribution >= 4 is 17.7 Å². The van der Waals surface area contributed by atoms with E-state index in [-0.39, 0.29) is 36.1 Å². The van der Waals surface area contributed by atoms with Crippen LogP contribution in [0.5, 0.6) is 0 Å². The van der Waals surface area contributed by atoms with E-state index < -0.39 is 0 Å². The Balaban J connectivity index is 1.21. The lowest BCUT2D eigenvalue weighted by Crippen LogP contribution is -2.38. The Morgan fingerprint density at radius 2 is 1.64 bits per heavy atom. The zero-order valence-electron chi connectivity index (χ0n) is 19.1. The predicted octanol–water partition coefficient (Wildman–Crippen LogP) is 3.43. The molecule has 1 unspecified atom stereocenters. The summed E-state index contributed by atoms with van der Waals surface area (Å²) in [7, 11) is 0. The zero-order valence-corrected chi connectivity index (χ0v) is 19.1. The maximum atomic E-state index is 13.4. The van der Waals surface area contributed by atoms with Gasteiger partial charge in [0.2, 0.25) is 11.8 Å². The van der Waals surface area contributed by atoms with Crippen LogP contribution in [-0.4, -0.2) is 46.1 Å². The van der Waals surface area contributed by atoms with E-state index in [1.807, 2.05) is 65.3 Å². The van der Waals surface area contributed by atoms with Crippen molar-refractivity contribution in [2.45, 2.75) is 64.2 Å². The van der Waals surface area contributed by atoms with Crippen LogP contribution in [0.1, 0.15) is 59.2 Å². The van der Waals surface area contributed by atoms with Gasteiger partial charge < -0.3 is 15.1 Å². The van der Waals surface area contributed by atoms with Gasteiger partial charge in [0.1, 0.15) is 0 Å². The molecule has 6 nitrogen and oxygen atoms in total. The summed E-state index contributed by atoms with van der Waals surface area (Å²) in [6.07, 6.45) is 4.44. The first kappa shape index (κ1) is 21.7. The molecule has 3 fully saturated rings. The number of carbonyl (C=O) groups excluding carboxylic acids is 3. The summed E-state index contributed by atoms with van der Waals surface area (Å²) in [6, 6.07) is 16.3. The number of nitrogens with zero attached hydrogens (tertiary/aromatic N) is 2. The molecular weight excluding hydrogens is 414 g/mol. The Kier molecular flexibility index (Phi) is 5.92. The zero-order chi connectivity index (χ0) is 22.9. The molecule has 5 rings (SSSR count). The monoisotopic (exact) mass is 445 g/mol. The molecule has 3 amide bonds. The van der Waals surface area contributed by atoms with E-state index in [0.29, 0.717) is 31.2 Å². The third kappa shape index (κ3) is 5.27. The first-order valence-corrected chi connectivity index (χ1v) is 12.0. The number of hydrogen-bond donors (Lipinski definition) is 1. The van der Waals surface area contributed by atoms with Gasteiger partial charge in [-0.3, -0.25) is 14.4 Å². The molecule has 6 heteroatoms. The lowest BCUT2D eigenvalue weighted by molar-refractivity contribution is -0.137. The van der Waals surface area contributed by atoms with Crippen LogP contribution in [-0.2, 0) is 22.7 Å². The normalized spacial score (nSPS) is 20.1. The molecule has 2 saturated carbocycles. The van der Waals surface area contributed by atoms with Crippen molar-refractivity contribution in [3.05, 3.63) is 70.8 Å². The van der Waals surface area contributed by atoms with E-state index in [1.54, 1.807) is 0 Å². The highest BCUT2D eigenvalue weighted by atomic mass is 16.2. The minimum absolute atomic E-state index is 0.0303. The van der Waals surface area contributed by atoms with Crippen LogP contribution in [0.15, 0.2) is 48.5 Å². The third-order valence-electron chi connectivity index (χ3n) is 6.81. The van der Waals surface area contributed by atoms with Crippen LogP contribution < -0.4 is 5.32 Å². The van der Waals surface area contributed by atoms with Crippen molar-refractivity contribution < 1.29 is 14.4 Å². The van der Waals surface area contributed by atoms with Gasteiger partial charge in [-0.15, -0.1) is 0 Å². The van der Waals surface area contributed by atoms with E-state index in [1.165, 1.54) is 5.56 Å². The van der Waals surface area contributed by atoms with Crippen LogP contribution in [0.2, 0.25) is 0 Å². The summed E-state index contributed by atoms with van der Waals surface area (Å²) in [5.74, 6) is -0.187. The Morgan fingerprint density at radius 3 is 2.27 bits per heavy atom. The second kappa shape index (κ2) is 9.00. The smallest absolute Gasteiger partial charge is 0.251 e. The van der Waals surface area contributed by atoms with Crippen LogP contribution in [0, 0.1) is 12.8 Å². The third-order valence-corrected chi connectivity index (χ3v) is 6.81. The number of aryl methyl sites for hydroxylation is 1. The van der Waals surface area contributed by atoms with Gasteiger partial charge in [-0.05, 0) is 55.9 Å². The first-order chi connectivity index (χ1) is 16.0. The summed E-state index contributed by atoms with van der Waals surface area (Å²) in [4.78, 5) is 42.0. The fourth-order valence-electron chi connectivity index (χ4n) is 4.47. The molecule has 172 valence electrons. The number of likely N-dealkylation sites (tertiary alicyclic amines) is 1. The number of rotatable bonds is 8. The van der Waals surface area contributed by atoms with E-state index >= 15 is 0 Å². The van der Waals surface area contributed by atoms with Crippen molar-refractivity contribution in [1.29, 1.82) is 0 Å². The van der Waals surface area contributed by atoms with Crippen molar-refractivity contribution in [3.8, 4) is 0 Å². The van der Waals surface area contributed by atoms with E-state index in [9.17, 15) is 14.4 Å². The number of nitrogens with one attached hydrogen (secondary N) is 1. The molecule has 1 N–H and O–H groups in total.